The summed E-state index contributed by atoms with van der Waals surface area (Å²) >= 11 is 0. The average Bonchev–Trinajstić information content (AvgIpc) is 2.85. The van der Waals surface area contributed by atoms with Crippen LogP contribution in [-0.2, 0) is 0 Å². The van der Waals surface area contributed by atoms with Crippen LogP contribution in [0.4, 0.5) is 0 Å². The molecule has 0 amide bonds. The maximum atomic E-state index is 12.4. The van der Waals surface area contributed by atoms with Crippen molar-refractivity contribution in [3.63, 3.8) is 0 Å². The average molecular weight is 441 g/mol. The van der Waals surface area contributed by atoms with Gasteiger partial charge in [0.15, 0.2) is 0 Å². The van der Waals surface area contributed by atoms with Crippen molar-refractivity contribution in [2.75, 3.05) is 0 Å². The lowest BCUT2D eigenvalue weighted by molar-refractivity contribution is 0.0690. The van der Waals surface area contributed by atoms with Gasteiger partial charge in [0, 0.05) is 0 Å². The lowest BCUT2D eigenvalue weighted by Gasteiger charge is -2.08. The van der Waals surface area contributed by atoms with E-state index in [4.69, 9.17) is 14.2 Å². The summed E-state index contributed by atoms with van der Waals surface area (Å²) < 4.78 is 15.5. The van der Waals surface area contributed by atoms with Gasteiger partial charge in [-0.25, -0.2) is 14.4 Å². The van der Waals surface area contributed by atoms with Gasteiger partial charge in [-0.1, -0.05) is 54.6 Å². The molecule has 0 aliphatic heterocycles. The second-order valence-electron chi connectivity index (χ2n) is 6.45. The molecule has 162 valence electrons. The number of rotatable bonds is 6. The lowest BCUT2D eigenvalue weighted by atomic mass is 10.2. The first kappa shape index (κ1) is 21.3. The molecule has 9 nitrogen and oxygen atoms in total. The van der Waals surface area contributed by atoms with Crippen LogP contribution in [0, 0.1) is 0 Å². The van der Waals surface area contributed by atoms with Crippen LogP contribution in [0.1, 0.15) is 31.1 Å². The van der Waals surface area contributed by atoms with Gasteiger partial charge >= 0.3 is 35.9 Å². The van der Waals surface area contributed by atoms with E-state index >= 15 is 0 Å². The van der Waals surface area contributed by atoms with Gasteiger partial charge in [0.1, 0.15) is 0 Å². The van der Waals surface area contributed by atoms with Crippen molar-refractivity contribution in [1.82, 2.24) is 15.0 Å². The van der Waals surface area contributed by atoms with E-state index in [-0.39, 0.29) is 16.7 Å². The summed E-state index contributed by atoms with van der Waals surface area (Å²) in [5, 5.41) is 0. The van der Waals surface area contributed by atoms with Gasteiger partial charge in [0.2, 0.25) is 0 Å². The van der Waals surface area contributed by atoms with Crippen molar-refractivity contribution >= 4 is 17.9 Å². The first-order valence-electron chi connectivity index (χ1n) is 9.66. The second kappa shape index (κ2) is 9.92. The Morgan fingerprint density at radius 3 is 0.909 bits per heavy atom. The smallest absolute Gasteiger partial charge is 0.345 e. The van der Waals surface area contributed by atoms with E-state index in [2.05, 4.69) is 15.0 Å². The van der Waals surface area contributed by atoms with E-state index in [1.54, 1.807) is 54.6 Å². The third kappa shape index (κ3) is 5.61. The fraction of sp³-hybridized carbons (Fsp3) is 0. The van der Waals surface area contributed by atoms with Crippen LogP contribution in [0.2, 0.25) is 0 Å². The maximum absolute atomic E-state index is 12.4. The molecule has 4 aromatic rings. The molecule has 0 fully saturated rings. The number of nitrogens with zero attached hydrogens (tertiary/aromatic N) is 3. The number of carbonyl (C=O) groups excluding carboxylic acids is 3. The molecule has 1 heterocycles. The quantitative estimate of drug-likeness (QED) is 0.414. The zero-order valence-electron chi connectivity index (χ0n) is 17.0. The van der Waals surface area contributed by atoms with Crippen molar-refractivity contribution in [2.45, 2.75) is 0 Å². The molecule has 0 aliphatic rings. The van der Waals surface area contributed by atoms with E-state index in [0.717, 1.165) is 0 Å². The highest BCUT2D eigenvalue weighted by atomic mass is 16.6. The second-order valence-corrected chi connectivity index (χ2v) is 6.45. The Labute approximate surface area is 187 Å². The first-order chi connectivity index (χ1) is 16.1. The van der Waals surface area contributed by atoms with Gasteiger partial charge in [-0.2, -0.15) is 0 Å². The molecule has 0 saturated carbocycles. The molecule has 0 saturated heterocycles. The van der Waals surface area contributed by atoms with Gasteiger partial charge in [-0.15, -0.1) is 15.0 Å². The van der Waals surface area contributed by atoms with Gasteiger partial charge < -0.3 is 14.2 Å². The Morgan fingerprint density at radius 2 is 0.667 bits per heavy atom. The fourth-order valence-electron chi connectivity index (χ4n) is 2.61. The van der Waals surface area contributed by atoms with Crippen molar-refractivity contribution < 1.29 is 28.6 Å². The molecule has 0 N–H and O–H groups in total. The van der Waals surface area contributed by atoms with E-state index in [9.17, 15) is 14.4 Å². The monoisotopic (exact) mass is 441 g/mol. The number of benzene rings is 3. The number of hydrogen-bond donors (Lipinski definition) is 0. The molecular weight excluding hydrogens is 426 g/mol. The summed E-state index contributed by atoms with van der Waals surface area (Å²) in [5.74, 6) is -2.28. The minimum absolute atomic E-state index is 0.239. The van der Waals surface area contributed by atoms with Crippen molar-refractivity contribution in [3.8, 4) is 18.0 Å². The molecule has 0 atom stereocenters. The predicted molar refractivity (Wildman–Crippen MR) is 114 cm³/mol. The number of esters is 3. The van der Waals surface area contributed by atoms with Crippen molar-refractivity contribution in [1.29, 1.82) is 0 Å². The zero-order chi connectivity index (χ0) is 23.0. The summed E-state index contributed by atoms with van der Waals surface area (Å²) in [5.41, 5.74) is 0.718. The Hall–Kier alpha value is -4.92. The van der Waals surface area contributed by atoms with E-state index in [1.807, 2.05) is 0 Å². The number of carbonyl (C=O) groups is 3. The summed E-state index contributed by atoms with van der Waals surface area (Å²) in [7, 11) is 0. The molecule has 9 heteroatoms. The number of aromatic nitrogens is 3. The minimum atomic E-state index is -0.762. The highest BCUT2D eigenvalue weighted by molar-refractivity contribution is 5.92. The molecule has 3 aromatic carbocycles. The normalized spacial score (nSPS) is 10.2. The third-order valence-corrected chi connectivity index (χ3v) is 4.15. The van der Waals surface area contributed by atoms with E-state index < -0.39 is 35.9 Å². The molecule has 0 unspecified atom stereocenters. The molecule has 0 bridgehead atoms. The molecule has 33 heavy (non-hydrogen) atoms. The predicted octanol–water partition coefficient (Wildman–Crippen LogP) is 3.53. The van der Waals surface area contributed by atoms with Gasteiger partial charge in [-0.3, -0.25) is 0 Å². The molecule has 0 aliphatic carbocycles. The van der Waals surface area contributed by atoms with Crippen LogP contribution in [0.25, 0.3) is 0 Å². The molecule has 0 radical (unpaired) electrons. The van der Waals surface area contributed by atoms with Gasteiger partial charge in [0.05, 0.1) is 16.7 Å². The molecule has 1 aromatic heterocycles. The van der Waals surface area contributed by atoms with Crippen LogP contribution in [0.5, 0.6) is 18.0 Å². The van der Waals surface area contributed by atoms with Crippen LogP contribution in [-0.4, -0.2) is 32.9 Å². The van der Waals surface area contributed by atoms with Crippen LogP contribution >= 0.6 is 0 Å². The van der Waals surface area contributed by atoms with Crippen molar-refractivity contribution in [3.05, 3.63) is 108 Å². The van der Waals surface area contributed by atoms with E-state index in [1.165, 1.54) is 36.4 Å². The van der Waals surface area contributed by atoms with Gasteiger partial charge in [-0.05, 0) is 36.4 Å². The third-order valence-electron chi connectivity index (χ3n) is 4.15. The Bertz CT molecular complexity index is 1110. The zero-order valence-corrected chi connectivity index (χ0v) is 17.0. The first-order valence-corrected chi connectivity index (χ1v) is 9.66. The Balaban J connectivity index is 1.61. The standard InChI is InChI=1S/C24H15N3O6/c28-19(16-10-4-1-5-11-16)31-22-25-23(32-20(29)17-12-6-2-7-13-17)27-24(26-22)33-21(30)18-14-8-3-9-15-18/h1-15H. The Kier molecular flexibility index (Phi) is 6.41. The molecule has 0 spiro atoms. The van der Waals surface area contributed by atoms with Gasteiger partial charge in [0.25, 0.3) is 0 Å². The lowest BCUT2D eigenvalue weighted by Crippen LogP contribution is -2.16. The highest BCUT2D eigenvalue weighted by Crippen LogP contribution is 2.18. The minimum Gasteiger partial charge on any atom is -0.387 e. The highest BCUT2D eigenvalue weighted by Gasteiger charge is 2.19. The molecule has 4 rings (SSSR count). The largest absolute Gasteiger partial charge is 0.387 e. The fourth-order valence-corrected chi connectivity index (χ4v) is 2.61. The summed E-state index contributed by atoms with van der Waals surface area (Å²) in [6, 6.07) is 22.9. The molecular formula is C24H15N3O6. The maximum Gasteiger partial charge on any atom is 0.345 e. The summed E-state index contributed by atoms with van der Waals surface area (Å²) in [6.45, 7) is 0. The van der Waals surface area contributed by atoms with Crippen LogP contribution < -0.4 is 14.2 Å². The van der Waals surface area contributed by atoms with Crippen molar-refractivity contribution in [2.24, 2.45) is 0 Å². The Morgan fingerprint density at radius 1 is 0.424 bits per heavy atom. The summed E-state index contributed by atoms with van der Waals surface area (Å²) in [4.78, 5) is 48.7. The number of ether oxygens (including phenoxy) is 3. The van der Waals surface area contributed by atoms with Crippen LogP contribution in [0.15, 0.2) is 91.0 Å². The topological polar surface area (TPSA) is 118 Å². The summed E-state index contributed by atoms with van der Waals surface area (Å²) in [6.07, 6.45) is 0. The van der Waals surface area contributed by atoms with Crippen LogP contribution in [0.3, 0.4) is 0 Å². The number of hydrogen-bond acceptors (Lipinski definition) is 9. The van der Waals surface area contributed by atoms with E-state index in [0.29, 0.717) is 0 Å². The SMILES string of the molecule is O=C(Oc1nc(OC(=O)c2ccccc2)nc(OC(=O)c2ccccc2)n1)c1ccccc1.